The monoisotopic (exact) mass is 336 g/mol. The van der Waals surface area contributed by atoms with Crippen molar-refractivity contribution < 1.29 is 9.59 Å². The number of carbonyl (C=O) groups excluding carboxylic acids is 2. The summed E-state index contributed by atoms with van der Waals surface area (Å²) in [6.07, 6.45) is 3.05. The van der Waals surface area contributed by atoms with Crippen molar-refractivity contribution in [1.82, 2.24) is 5.32 Å². The molecule has 0 aliphatic heterocycles. The van der Waals surface area contributed by atoms with E-state index >= 15 is 0 Å². The molecule has 0 heterocycles. The fourth-order valence-corrected chi connectivity index (χ4v) is 3.27. The van der Waals surface area contributed by atoms with Gasteiger partial charge in [-0.15, -0.1) is 0 Å². The van der Waals surface area contributed by atoms with Crippen LogP contribution in [0.15, 0.2) is 48.5 Å². The average molecular weight is 336 g/mol. The van der Waals surface area contributed by atoms with Gasteiger partial charge in [0.2, 0.25) is 5.91 Å². The van der Waals surface area contributed by atoms with E-state index in [-0.39, 0.29) is 17.4 Å². The van der Waals surface area contributed by atoms with Gasteiger partial charge in [0, 0.05) is 25.2 Å². The van der Waals surface area contributed by atoms with E-state index in [9.17, 15) is 9.59 Å². The van der Waals surface area contributed by atoms with E-state index in [0.717, 1.165) is 24.9 Å². The predicted octanol–water partition coefficient (Wildman–Crippen LogP) is 3.79. The summed E-state index contributed by atoms with van der Waals surface area (Å²) in [7, 11) is 1.72. The normalized spacial score (nSPS) is 15.2. The molecule has 130 valence electrons. The van der Waals surface area contributed by atoms with Crippen LogP contribution in [0.2, 0.25) is 0 Å². The molecule has 1 saturated carbocycles. The maximum atomic E-state index is 12.7. The highest BCUT2D eigenvalue weighted by Gasteiger charge is 2.40. The number of anilines is 1. The zero-order chi connectivity index (χ0) is 18.0. The average Bonchev–Trinajstić information content (AvgIpc) is 2.57. The molecule has 25 heavy (non-hydrogen) atoms. The number of carbonyl (C=O) groups is 2. The zero-order valence-electron chi connectivity index (χ0n) is 15.0. The van der Waals surface area contributed by atoms with E-state index in [0.29, 0.717) is 5.56 Å². The van der Waals surface area contributed by atoms with Crippen molar-refractivity contribution in [2.75, 3.05) is 11.9 Å². The van der Waals surface area contributed by atoms with Gasteiger partial charge in [0.05, 0.1) is 5.54 Å². The van der Waals surface area contributed by atoms with E-state index in [1.54, 1.807) is 36.2 Å². The Morgan fingerprint density at radius 3 is 2.28 bits per heavy atom. The molecule has 3 rings (SSSR count). The fourth-order valence-electron chi connectivity index (χ4n) is 3.27. The lowest BCUT2D eigenvalue weighted by atomic mass is 9.71. The highest BCUT2D eigenvalue weighted by atomic mass is 16.2. The van der Waals surface area contributed by atoms with E-state index in [2.05, 4.69) is 30.4 Å². The van der Waals surface area contributed by atoms with Crippen molar-refractivity contribution in [2.45, 2.75) is 38.6 Å². The number of nitrogens with zero attached hydrogens (tertiary/aromatic N) is 1. The lowest BCUT2D eigenvalue weighted by Gasteiger charge is -2.43. The van der Waals surface area contributed by atoms with Gasteiger partial charge < -0.3 is 10.2 Å². The van der Waals surface area contributed by atoms with Crippen LogP contribution in [0.3, 0.4) is 0 Å². The van der Waals surface area contributed by atoms with Gasteiger partial charge in [-0.05, 0) is 56.0 Å². The van der Waals surface area contributed by atoms with Gasteiger partial charge in [-0.1, -0.05) is 29.8 Å². The van der Waals surface area contributed by atoms with Crippen LogP contribution in [-0.4, -0.2) is 18.9 Å². The maximum absolute atomic E-state index is 12.7. The van der Waals surface area contributed by atoms with Gasteiger partial charge in [0.15, 0.2) is 0 Å². The topological polar surface area (TPSA) is 49.4 Å². The zero-order valence-corrected chi connectivity index (χ0v) is 15.0. The number of amides is 2. The van der Waals surface area contributed by atoms with Crippen molar-refractivity contribution in [3.63, 3.8) is 0 Å². The lowest BCUT2D eigenvalue weighted by molar-refractivity contribution is -0.116. The largest absolute Gasteiger partial charge is 0.343 e. The fraction of sp³-hybridized carbons (Fsp3) is 0.333. The molecule has 0 spiro atoms. The third-order valence-corrected chi connectivity index (χ3v) is 5.12. The number of aryl methyl sites for hydroxylation is 1. The molecule has 1 N–H and O–H groups in total. The minimum absolute atomic E-state index is 0.0370. The first-order valence-electron chi connectivity index (χ1n) is 8.65. The molecule has 0 bridgehead atoms. The first kappa shape index (κ1) is 17.2. The SMILES string of the molecule is CC(=O)N(C)c1ccc(C(=O)NC2(c3cccc(C)c3)CCC2)cc1. The van der Waals surface area contributed by atoms with Crippen LogP contribution < -0.4 is 10.2 Å². The highest BCUT2D eigenvalue weighted by molar-refractivity contribution is 5.96. The Kier molecular flexibility index (Phi) is 4.62. The Morgan fingerprint density at radius 2 is 1.76 bits per heavy atom. The first-order valence-corrected chi connectivity index (χ1v) is 8.65. The Labute approximate surface area is 148 Å². The molecule has 1 aliphatic rings. The molecule has 2 aromatic carbocycles. The van der Waals surface area contributed by atoms with Crippen molar-refractivity contribution in [3.8, 4) is 0 Å². The summed E-state index contributed by atoms with van der Waals surface area (Å²) < 4.78 is 0. The van der Waals surface area contributed by atoms with Gasteiger partial charge in [-0.25, -0.2) is 0 Å². The van der Waals surface area contributed by atoms with E-state index in [1.165, 1.54) is 18.1 Å². The summed E-state index contributed by atoms with van der Waals surface area (Å²) in [5.41, 5.74) is 3.52. The Bertz CT molecular complexity index is 792. The van der Waals surface area contributed by atoms with E-state index < -0.39 is 0 Å². The third kappa shape index (κ3) is 3.43. The smallest absolute Gasteiger partial charge is 0.251 e. The number of benzene rings is 2. The molecule has 1 fully saturated rings. The van der Waals surface area contributed by atoms with Crippen LogP contribution in [0.5, 0.6) is 0 Å². The number of hydrogen-bond acceptors (Lipinski definition) is 2. The molecule has 0 saturated heterocycles. The van der Waals surface area contributed by atoms with Gasteiger partial charge in [0.1, 0.15) is 0 Å². The molecule has 1 aliphatic carbocycles. The van der Waals surface area contributed by atoms with Crippen molar-refractivity contribution in [1.29, 1.82) is 0 Å². The minimum Gasteiger partial charge on any atom is -0.343 e. The van der Waals surface area contributed by atoms with E-state index in [4.69, 9.17) is 0 Å². The van der Waals surface area contributed by atoms with Crippen LogP contribution in [0.1, 0.15) is 47.7 Å². The number of hydrogen-bond donors (Lipinski definition) is 1. The lowest BCUT2D eigenvalue weighted by Crippen LogP contribution is -2.50. The Balaban J connectivity index is 1.78. The second-order valence-corrected chi connectivity index (χ2v) is 6.88. The maximum Gasteiger partial charge on any atom is 0.251 e. The molecule has 2 aromatic rings. The van der Waals surface area contributed by atoms with Crippen molar-refractivity contribution >= 4 is 17.5 Å². The standard InChI is InChI=1S/C21H24N2O2/c1-15-6-4-7-18(14-15)21(12-5-13-21)22-20(25)17-8-10-19(11-9-17)23(3)16(2)24/h4,6-11,14H,5,12-13H2,1-3H3,(H,22,25). The molecule has 0 radical (unpaired) electrons. The summed E-state index contributed by atoms with van der Waals surface area (Å²) in [5, 5.41) is 3.24. The molecule has 4 nitrogen and oxygen atoms in total. The van der Waals surface area contributed by atoms with Gasteiger partial charge in [-0.3, -0.25) is 9.59 Å². The molecular formula is C21H24N2O2. The molecular weight excluding hydrogens is 312 g/mol. The number of rotatable bonds is 4. The van der Waals surface area contributed by atoms with E-state index in [1.807, 2.05) is 6.07 Å². The minimum atomic E-state index is -0.252. The van der Waals surface area contributed by atoms with Gasteiger partial charge >= 0.3 is 0 Å². The van der Waals surface area contributed by atoms with Gasteiger partial charge in [0.25, 0.3) is 5.91 Å². The Morgan fingerprint density at radius 1 is 1.08 bits per heavy atom. The molecule has 2 amide bonds. The summed E-state index contributed by atoms with van der Waals surface area (Å²) in [6, 6.07) is 15.5. The van der Waals surface area contributed by atoms with Gasteiger partial charge in [-0.2, -0.15) is 0 Å². The quantitative estimate of drug-likeness (QED) is 0.923. The molecule has 0 unspecified atom stereocenters. The summed E-state index contributed by atoms with van der Waals surface area (Å²) >= 11 is 0. The second kappa shape index (κ2) is 6.71. The van der Waals surface area contributed by atoms with Crippen LogP contribution >= 0.6 is 0 Å². The van der Waals surface area contributed by atoms with Crippen molar-refractivity contribution in [2.24, 2.45) is 0 Å². The first-order chi connectivity index (χ1) is 11.9. The third-order valence-electron chi connectivity index (χ3n) is 5.12. The predicted molar refractivity (Wildman–Crippen MR) is 99.7 cm³/mol. The van der Waals surface area contributed by atoms with Crippen molar-refractivity contribution in [3.05, 3.63) is 65.2 Å². The highest BCUT2D eigenvalue weighted by Crippen LogP contribution is 2.41. The molecule has 0 aromatic heterocycles. The molecule has 4 heteroatoms. The Hall–Kier alpha value is -2.62. The summed E-state index contributed by atoms with van der Waals surface area (Å²) in [5.74, 6) is -0.108. The van der Waals surface area contributed by atoms with Crippen LogP contribution in [-0.2, 0) is 10.3 Å². The van der Waals surface area contributed by atoms with Crippen LogP contribution in [0.25, 0.3) is 0 Å². The van der Waals surface area contributed by atoms with Crippen LogP contribution in [0, 0.1) is 6.92 Å². The summed E-state index contributed by atoms with van der Waals surface area (Å²) in [4.78, 5) is 25.7. The van der Waals surface area contributed by atoms with Crippen LogP contribution in [0.4, 0.5) is 5.69 Å². The number of nitrogens with one attached hydrogen (secondary N) is 1. The summed E-state index contributed by atoms with van der Waals surface area (Å²) in [6.45, 7) is 3.59. The second-order valence-electron chi connectivity index (χ2n) is 6.88. The molecule has 0 atom stereocenters.